The van der Waals surface area contributed by atoms with Crippen molar-refractivity contribution in [1.82, 2.24) is 19.7 Å². The van der Waals surface area contributed by atoms with E-state index in [4.69, 9.17) is 0 Å². The number of nitrogens with one attached hydrogen (secondary N) is 1. The molecular weight excluding hydrogens is 266 g/mol. The van der Waals surface area contributed by atoms with Crippen molar-refractivity contribution in [2.24, 2.45) is 7.05 Å². The Labute approximate surface area is 121 Å². The van der Waals surface area contributed by atoms with Crippen LogP contribution in [0.5, 0.6) is 0 Å². The van der Waals surface area contributed by atoms with Crippen molar-refractivity contribution in [2.75, 3.05) is 5.32 Å². The van der Waals surface area contributed by atoms with E-state index < -0.39 is 0 Å². The number of benzene rings is 1. The van der Waals surface area contributed by atoms with Gasteiger partial charge in [-0.15, -0.1) is 0 Å². The van der Waals surface area contributed by atoms with Gasteiger partial charge in [0, 0.05) is 36.9 Å². The van der Waals surface area contributed by atoms with E-state index in [0.717, 1.165) is 11.1 Å². The molecule has 0 aliphatic heterocycles. The van der Waals surface area contributed by atoms with Crippen LogP contribution in [0.3, 0.4) is 0 Å². The van der Waals surface area contributed by atoms with Gasteiger partial charge in [-0.25, -0.2) is 4.98 Å². The standard InChI is InChI=1S/C15H13N5O/c1-20-10-12(8-18-20)11-3-2-4-13(7-11)19-15(21)14-9-16-5-6-17-14/h2-10H,1H3,(H,19,21). The fraction of sp³-hybridized carbons (Fsp3) is 0.0667. The molecule has 0 radical (unpaired) electrons. The smallest absolute Gasteiger partial charge is 0.275 e. The van der Waals surface area contributed by atoms with Crippen LogP contribution in [-0.4, -0.2) is 25.7 Å². The highest BCUT2D eigenvalue weighted by Crippen LogP contribution is 2.22. The molecule has 0 aliphatic rings. The molecule has 2 heterocycles. The first-order chi connectivity index (χ1) is 10.2. The van der Waals surface area contributed by atoms with Crippen molar-refractivity contribution in [3.63, 3.8) is 0 Å². The van der Waals surface area contributed by atoms with Crippen LogP contribution in [0.2, 0.25) is 0 Å². The first-order valence-electron chi connectivity index (χ1n) is 6.39. The number of anilines is 1. The monoisotopic (exact) mass is 279 g/mol. The third kappa shape index (κ3) is 2.94. The van der Waals surface area contributed by atoms with Crippen LogP contribution < -0.4 is 5.32 Å². The lowest BCUT2D eigenvalue weighted by molar-refractivity contribution is 0.102. The van der Waals surface area contributed by atoms with Gasteiger partial charge < -0.3 is 5.32 Å². The Balaban J connectivity index is 1.82. The highest BCUT2D eigenvalue weighted by molar-refractivity contribution is 6.02. The Morgan fingerprint density at radius 2 is 2.10 bits per heavy atom. The van der Waals surface area contributed by atoms with Gasteiger partial charge in [-0.1, -0.05) is 12.1 Å². The molecule has 3 aromatic rings. The first kappa shape index (κ1) is 13.0. The summed E-state index contributed by atoms with van der Waals surface area (Å²) in [5.41, 5.74) is 2.96. The van der Waals surface area contributed by atoms with Crippen LogP contribution >= 0.6 is 0 Å². The number of hydrogen-bond donors (Lipinski definition) is 1. The van der Waals surface area contributed by atoms with Gasteiger partial charge >= 0.3 is 0 Å². The summed E-state index contributed by atoms with van der Waals surface area (Å²) in [5, 5.41) is 6.95. The third-order valence-electron chi connectivity index (χ3n) is 2.95. The Bertz CT molecular complexity index is 766. The highest BCUT2D eigenvalue weighted by atomic mass is 16.1. The topological polar surface area (TPSA) is 72.7 Å². The van der Waals surface area contributed by atoms with E-state index >= 15 is 0 Å². The van der Waals surface area contributed by atoms with Crippen molar-refractivity contribution < 1.29 is 4.79 Å². The van der Waals surface area contributed by atoms with E-state index in [1.807, 2.05) is 37.5 Å². The molecule has 0 atom stereocenters. The van der Waals surface area contributed by atoms with E-state index in [0.29, 0.717) is 5.69 Å². The zero-order valence-electron chi connectivity index (χ0n) is 11.4. The molecule has 3 rings (SSSR count). The van der Waals surface area contributed by atoms with Gasteiger partial charge in [0.25, 0.3) is 5.91 Å². The molecular formula is C15H13N5O. The van der Waals surface area contributed by atoms with Gasteiger partial charge in [-0.05, 0) is 17.7 Å². The molecule has 1 amide bonds. The van der Waals surface area contributed by atoms with Gasteiger partial charge in [0.15, 0.2) is 0 Å². The second kappa shape index (κ2) is 5.54. The molecule has 0 saturated heterocycles. The van der Waals surface area contributed by atoms with Crippen LogP contribution in [0.4, 0.5) is 5.69 Å². The summed E-state index contributed by atoms with van der Waals surface area (Å²) in [6, 6.07) is 7.57. The zero-order valence-corrected chi connectivity index (χ0v) is 11.4. The van der Waals surface area contributed by atoms with Gasteiger partial charge in [-0.3, -0.25) is 14.5 Å². The molecule has 0 unspecified atom stereocenters. The zero-order chi connectivity index (χ0) is 14.7. The maximum atomic E-state index is 12.0. The molecule has 0 spiro atoms. The van der Waals surface area contributed by atoms with Crippen LogP contribution in [0.1, 0.15) is 10.5 Å². The molecule has 21 heavy (non-hydrogen) atoms. The summed E-state index contributed by atoms with van der Waals surface area (Å²) in [4.78, 5) is 19.9. The highest BCUT2D eigenvalue weighted by Gasteiger charge is 2.08. The number of rotatable bonds is 3. The van der Waals surface area contributed by atoms with Gasteiger partial charge in [-0.2, -0.15) is 5.10 Å². The fourth-order valence-corrected chi connectivity index (χ4v) is 1.96. The summed E-state index contributed by atoms with van der Waals surface area (Å²) < 4.78 is 1.74. The Morgan fingerprint density at radius 1 is 1.19 bits per heavy atom. The van der Waals surface area contributed by atoms with Crippen molar-refractivity contribution in [1.29, 1.82) is 0 Å². The first-order valence-corrected chi connectivity index (χ1v) is 6.39. The molecule has 0 saturated carbocycles. The fourth-order valence-electron chi connectivity index (χ4n) is 1.96. The molecule has 6 nitrogen and oxygen atoms in total. The van der Waals surface area contributed by atoms with Crippen molar-refractivity contribution in [2.45, 2.75) is 0 Å². The summed E-state index contributed by atoms with van der Waals surface area (Å²) in [6.45, 7) is 0. The van der Waals surface area contributed by atoms with E-state index in [1.165, 1.54) is 18.6 Å². The van der Waals surface area contributed by atoms with Gasteiger partial charge in [0.2, 0.25) is 0 Å². The summed E-state index contributed by atoms with van der Waals surface area (Å²) in [5.74, 6) is -0.286. The Kier molecular flexibility index (Phi) is 3.42. The van der Waals surface area contributed by atoms with E-state index in [1.54, 1.807) is 10.9 Å². The lowest BCUT2D eigenvalue weighted by Crippen LogP contribution is -2.13. The molecule has 2 aromatic heterocycles. The van der Waals surface area contributed by atoms with E-state index in [-0.39, 0.29) is 11.6 Å². The average molecular weight is 279 g/mol. The Morgan fingerprint density at radius 3 is 2.81 bits per heavy atom. The van der Waals surface area contributed by atoms with Gasteiger partial charge in [0.05, 0.1) is 12.4 Å². The number of aryl methyl sites for hydroxylation is 1. The maximum Gasteiger partial charge on any atom is 0.275 e. The van der Waals surface area contributed by atoms with Crippen molar-refractivity contribution >= 4 is 11.6 Å². The van der Waals surface area contributed by atoms with Crippen molar-refractivity contribution in [3.8, 4) is 11.1 Å². The second-order valence-corrected chi connectivity index (χ2v) is 4.53. The van der Waals surface area contributed by atoms with E-state index in [2.05, 4.69) is 20.4 Å². The molecule has 1 aromatic carbocycles. The lowest BCUT2D eigenvalue weighted by atomic mass is 10.1. The molecule has 6 heteroatoms. The third-order valence-corrected chi connectivity index (χ3v) is 2.95. The molecule has 0 fully saturated rings. The number of nitrogens with zero attached hydrogens (tertiary/aromatic N) is 4. The Hall–Kier alpha value is -3.02. The minimum Gasteiger partial charge on any atom is -0.321 e. The average Bonchev–Trinajstić information content (AvgIpc) is 2.95. The number of hydrogen-bond acceptors (Lipinski definition) is 4. The second-order valence-electron chi connectivity index (χ2n) is 4.53. The lowest BCUT2D eigenvalue weighted by Gasteiger charge is -2.06. The molecule has 104 valence electrons. The summed E-state index contributed by atoms with van der Waals surface area (Å²) >= 11 is 0. The van der Waals surface area contributed by atoms with Crippen LogP contribution in [-0.2, 0) is 7.05 Å². The van der Waals surface area contributed by atoms with Crippen molar-refractivity contribution in [3.05, 3.63) is 60.9 Å². The minimum absolute atomic E-state index is 0.282. The maximum absolute atomic E-state index is 12.0. The molecule has 0 aliphatic carbocycles. The predicted octanol–water partition coefficient (Wildman–Crippen LogP) is 2.13. The SMILES string of the molecule is Cn1cc(-c2cccc(NC(=O)c3cnccn3)c2)cn1. The van der Waals surface area contributed by atoms with Crippen LogP contribution in [0, 0.1) is 0 Å². The number of aromatic nitrogens is 4. The van der Waals surface area contributed by atoms with E-state index in [9.17, 15) is 4.79 Å². The molecule has 0 bridgehead atoms. The number of amides is 1. The number of carbonyl (C=O) groups excluding carboxylic acids is 1. The summed E-state index contributed by atoms with van der Waals surface area (Å²) in [6.07, 6.45) is 8.15. The largest absolute Gasteiger partial charge is 0.321 e. The summed E-state index contributed by atoms with van der Waals surface area (Å²) in [7, 11) is 1.86. The van der Waals surface area contributed by atoms with Gasteiger partial charge in [0.1, 0.15) is 5.69 Å². The normalized spacial score (nSPS) is 10.3. The molecule has 1 N–H and O–H groups in total. The quantitative estimate of drug-likeness (QED) is 0.797. The van der Waals surface area contributed by atoms with Crippen LogP contribution in [0.15, 0.2) is 55.2 Å². The predicted molar refractivity (Wildman–Crippen MR) is 78.6 cm³/mol. The van der Waals surface area contributed by atoms with Crippen LogP contribution in [0.25, 0.3) is 11.1 Å². The number of carbonyl (C=O) groups is 1. The minimum atomic E-state index is -0.286.